The van der Waals surface area contributed by atoms with Crippen molar-refractivity contribution >= 4 is 17.7 Å². The van der Waals surface area contributed by atoms with Gasteiger partial charge in [0.05, 0.1) is 5.75 Å². The van der Waals surface area contributed by atoms with Gasteiger partial charge < -0.3 is 14.5 Å². The molecule has 1 aliphatic carbocycles. The second kappa shape index (κ2) is 7.70. The number of carbonyl (C=O) groups is 1. The fourth-order valence-corrected chi connectivity index (χ4v) is 2.73. The van der Waals surface area contributed by atoms with Crippen molar-refractivity contribution in [1.82, 2.24) is 15.5 Å². The third-order valence-corrected chi connectivity index (χ3v) is 4.57. The summed E-state index contributed by atoms with van der Waals surface area (Å²) in [5, 5.41) is 11.2. The lowest BCUT2D eigenvalue weighted by Crippen LogP contribution is -2.27. The Balaban J connectivity index is 1.44. The second-order valence-electron chi connectivity index (χ2n) is 6.06. The Morgan fingerprint density at radius 2 is 2.21 bits per heavy atom. The van der Waals surface area contributed by atoms with Crippen molar-refractivity contribution in [2.75, 3.05) is 12.3 Å². The van der Waals surface area contributed by atoms with E-state index in [9.17, 15) is 4.79 Å². The van der Waals surface area contributed by atoms with Crippen LogP contribution in [0.5, 0.6) is 5.75 Å². The number of aryl methyl sites for hydroxylation is 2. The van der Waals surface area contributed by atoms with E-state index in [2.05, 4.69) is 15.5 Å². The number of nitrogens with one attached hydrogen (secondary N) is 1. The number of hydrogen-bond acceptors (Lipinski definition) is 6. The lowest BCUT2D eigenvalue weighted by Gasteiger charge is -2.07. The van der Waals surface area contributed by atoms with E-state index < -0.39 is 0 Å². The summed E-state index contributed by atoms with van der Waals surface area (Å²) in [6.07, 6.45) is 2.45. The summed E-state index contributed by atoms with van der Waals surface area (Å²) in [7, 11) is 0. The molecule has 1 fully saturated rings. The van der Waals surface area contributed by atoms with Crippen molar-refractivity contribution in [2.45, 2.75) is 38.5 Å². The molecule has 0 atom stereocenters. The molecular formula is C17H21N3O3S. The largest absolute Gasteiger partial charge is 0.484 e. The molecule has 7 heteroatoms. The van der Waals surface area contributed by atoms with Crippen molar-refractivity contribution in [2.24, 2.45) is 5.92 Å². The lowest BCUT2D eigenvalue weighted by molar-refractivity contribution is -0.118. The van der Waals surface area contributed by atoms with E-state index in [1.807, 2.05) is 32.0 Å². The number of amides is 1. The van der Waals surface area contributed by atoms with E-state index in [0.717, 1.165) is 23.4 Å². The number of nitrogens with zero attached hydrogens (tertiary/aromatic N) is 2. The van der Waals surface area contributed by atoms with Crippen LogP contribution in [-0.4, -0.2) is 28.4 Å². The van der Waals surface area contributed by atoms with Crippen LogP contribution >= 0.6 is 11.8 Å². The van der Waals surface area contributed by atoms with Crippen molar-refractivity contribution in [3.63, 3.8) is 0 Å². The summed E-state index contributed by atoms with van der Waals surface area (Å²) in [5.74, 6) is 2.17. The maximum atomic E-state index is 11.7. The van der Waals surface area contributed by atoms with Gasteiger partial charge in [-0.2, -0.15) is 0 Å². The molecular weight excluding hydrogens is 326 g/mol. The van der Waals surface area contributed by atoms with Crippen LogP contribution in [0.1, 0.15) is 29.9 Å². The van der Waals surface area contributed by atoms with Gasteiger partial charge in [-0.1, -0.05) is 23.9 Å². The van der Waals surface area contributed by atoms with Gasteiger partial charge in [0.2, 0.25) is 5.91 Å². The summed E-state index contributed by atoms with van der Waals surface area (Å²) in [6, 6.07) is 6.03. The minimum Gasteiger partial charge on any atom is -0.484 e. The van der Waals surface area contributed by atoms with Crippen molar-refractivity contribution in [1.29, 1.82) is 0 Å². The Morgan fingerprint density at radius 3 is 3.00 bits per heavy atom. The Bertz CT molecular complexity index is 713. The van der Waals surface area contributed by atoms with Gasteiger partial charge in [-0.3, -0.25) is 4.79 Å². The molecule has 1 amide bonds. The number of ether oxygens (including phenoxy) is 1. The Morgan fingerprint density at radius 1 is 1.38 bits per heavy atom. The number of carbonyl (C=O) groups excluding carboxylic acids is 1. The maximum absolute atomic E-state index is 11.7. The van der Waals surface area contributed by atoms with Crippen LogP contribution in [0.25, 0.3) is 0 Å². The molecule has 1 aromatic carbocycles. The molecule has 0 saturated heterocycles. The first-order valence-corrected chi connectivity index (χ1v) is 9.00. The number of thioether (sulfide) groups is 1. The predicted molar refractivity (Wildman–Crippen MR) is 91.0 cm³/mol. The SMILES string of the molecule is Cc1ccc(C)c(OCc2nnc(SCC(=O)NCC3CC3)o2)c1. The molecule has 1 aliphatic rings. The number of aromatic nitrogens is 2. The van der Waals surface area contributed by atoms with Crippen LogP contribution in [0.3, 0.4) is 0 Å². The normalized spacial score (nSPS) is 13.8. The van der Waals surface area contributed by atoms with Gasteiger partial charge in [-0.15, -0.1) is 10.2 Å². The molecule has 2 aromatic rings. The summed E-state index contributed by atoms with van der Waals surface area (Å²) >= 11 is 1.24. The van der Waals surface area contributed by atoms with Gasteiger partial charge in [-0.05, 0) is 49.8 Å². The standard InChI is InChI=1S/C17H21N3O3S/c1-11-3-4-12(2)14(7-11)22-9-16-19-20-17(23-16)24-10-15(21)18-8-13-5-6-13/h3-4,7,13H,5-6,8-10H2,1-2H3,(H,18,21). The fourth-order valence-electron chi connectivity index (χ4n) is 2.12. The Kier molecular flexibility index (Phi) is 5.40. The minimum atomic E-state index is -0.00159. The Labute approximate surface area is 145 Å². The van der Waals surface area contributed by atoms with Gasteiger partial charge in [-0.25, -0.2) is 0 Å². The summed E-state index contributed by atoms with van der Waals surface area (Å²) < 4.78 is 11.2. The van der Waals surface area contributed by atoms with Gasteiger partial charge in [0.1, 0.15) is 5.75 Å². The average Bonchev–Trinajstić information content (AvgIpc) is 3.29. The molecule has 128 valence electrons. The van der Waals surface area contributed by atoms with Gasteiger partial charge in [0.25, 0.3) is 11.1 Å². The monoisotopic (exact) mass is 347 g/mol. The highest BCUT2D eigenvalue weighted by Crippen LogP contribution is 2.27. The summed E-state index contributed by atoms with van der Waals surface area (Å²) in [5.41, 5.74) is 2.19. The number of rotatable bonds is 8. The van der Waals surface area contributed by atoms with Crippen LogP contribution < -0.4 is 10.1 Å². The topological polar surface area (TPSA) is 77.2 Å². The van der Waals surface area contributed by atoms with Gasteiger partial charge in [0, 0.05) is 6.54 Å². The molecule has 1 aromatic heterocycles. The summed E-state index contributed by atoms with van der Waals surface area (Å²) in [6.45, 7) is 5.00. The van der Waals surface area contributed by atoms with E-state index in [4.69, 9.17) is 9.15 Å². The Hall–Kier alpha value is -2.02. The maximum Gasteiger partial charge on any atom is 0.277 e. The van der Waals surface area contributed by atoms with E-state index in [1.54, 1.807) is 0 Å². The van der Waals surface area contributed by atoms with Crippen molar-refractivity contribution in [3.8, 4) is 5.75 Å². The van der Waals surface area contributed by atoms with Gasteiger partial charge in [0.15, 0.2) is 6.61 Å². The van der Waals surface area contributed by atoms with E-state index in [0.29, 0.717) is 17.0 Å². The molecule has 3 rings (SSSR count). The highest BCUT2D eigenvalue weighted by Gasteiger charge is 2.21. The fraction of sp³-hybridized carbons (Fsp3) is 0.471. The van der Waals surface area contributed by atoms with Crippen LogP contribution in [0, 0.1) is 19.8 Å². The zero-order chi connectivity index (χ0) is 16.9. The van der Waals surface area contributed by atoms with Crippen LogP contribution in [0.15, 0.2) is 27.8 Å². The van der Waals surface area contributed by atoms with Gasteiger partial charge >= 0.3 is 0 Å². The average molecular weight is 347 g/mol. The van der Waals surface area contributed by atoms with E-state index in [1.165, 1.54) is 24.6 Å². The van der Waals surface area contributed by atoms with Crippen molar-refractivity contribution in [3.05, 3.63) is 35.2 Å². The highest BCUT2D eigenvalue weighted by atomic mass is 32.2. The number of hydrogen-bond donors (Lipinski definition) is 1. The molecule has 0 radical (unpaired) electrons. The third-order valence-electron chi connectivity index (χ3n) is 3.75. The highest BCUT2D eigenvalue weighted by molar-refractivity contribution is 7.99. The molecule has 1 N–H and O–H groups in total. The zero-order valence-corrected chi connectivity index (χ0v) is 14.7. The first-order chi connectivity index (χ1) is 11.6. The predicted octanol–water partition coefficient (Wildman–Crippen LogP) is 2.88. The van der Waals surface area contributed by atoms with Crippen LogP contribution in [-0.2, 0) is 11.4 Å². The molecule has 24 heavy (non-hydrogen) atoms. The zero-order valence-electron chi connectivity index (χ0n) is 13.9. The van der Waals surface area contributed by atoms with E-state index in [-0.39, 0.29) is 18.3 Å². The molecule has 0 bridgehead atoms. The van der Waals surface area contributed by atoms with Crippen molar-refractivity contribution < 1.29 is 13.9 Å². The number of benzene rings is 1. The third kappa shape index (κ3) is 4.99. The molecule has 0 aliphatic heterocycles. The quantitative estimate of drug-likeness (QED) is 0.740. The van der Waals surface area contributed by atoms with E-state index >= 15 is 0 Å². The first kappa shape index (κ1) is 16.8. The minimum absolute atomic E-state index is 0.00159. The molecule has 0 unspecified atom stereocenters. The van der Waals surface area contributed by atoms with Crippen LogP contribution in [0.2, 0.25) is 0 Å². The molecule has 1 saturated carbocycles. The summed E-state index contributed by atoms with van der Waals surface area (Å²) in [4.78, 5) is 11.7. The molecule has 0 spiro atoms. The molecule has 1 heterocycles. The second-order valence-corrected chi connectivity index (χ2v) is 6.98. The smallest absolute Gasteiger partial charge is 0.277 e. The first-order valence-electron chi connectivity index (χ1n) is 8.02. The molecule has 6 nitrogen and oxygen atoms in total. The lowest BCUT2D eigenvalue weighted by atomic mass is 10.1. The van der Waals surface area contributed by atoms with Crippen LogP contribution in [0.4, 0.5) is 0 Å².